The molecule has 2 aromatic rings. The third-order valence-electron chi connectivity index (χ3n) is 2.85. The van der Waals surface area contributed by atoms with Crippen LogP contribution in [0.15, 0.2) is 34.9 Å². The van der Waals surface area contributed by atoms with Crippen molar-refractivity contribution >= 4 is 17.6 Å². The number of aromatic nitrogens is 1. The maximum atomic E-state index is 12.1. The number of carbonyl (C=O) groups is 2. The van der Waals surface area contributed by atoms with Crippen LogP contribution < -0.4 is 10.1 Å². The first-order chi connectivity index (χ1) is 10.5. The molecule has 0 saturated heterocycles. The zero-order valence-electron chi connectivity index (χ0n) is 12.5. The van der Waals surface area contributed by atoms with Crippen molar-refractivity contribution in [3.8, 4) is 5.75 Å². The molecule has 0 aliphatic rings. The number of anilines is 1. The molecule has 1 heterocycles. The summed E-state index contributed by atoms with van der Waals surface area (Å²) in [4.78, 5) is 23.9. The molecule has 1 aromatic carbocycles. The normalized spacial score (nSPS) is 11.6. The fraction of sp³-hybridized carbons (Fsp3) is 0.267. The van der Waals surface area contributed by atoms with Gasteiger partial charge in [0, 0.05) is 6.07 Å². The Bertz CT molecular complexity index is 680. The number of hydrogen-bond acceptors (Lipinski definition) is 6. The summed E-state index contributed by atoms with van der Waals surface area (Å²) in [5.74, 6) is -0.757. The number of amides is 1. The maximum absolute atomic E-state index is 12.1. The molecule has 7 heteroatoms. The number of ether oxygens (including phenoxy) is 2. The van der Waals surface area contributed by atoms with Crippen LogP contribution in [0.2, 0.25) is 0 Å². The lowest BCUT2D eigenvalue weighted by atomic mass is 10.2. The summed E-state index contributed by atoms with van der Waals surface area (Å²) in [6.45, 7) is 3.14. The van der Waals surface area contributed by atoms with Gasteiger partial charge in [-0.05, 0) is 26.0 Å². The topological polar surface area (TPSA) is 90.7 Å². The number of benzene rings is 1. The SMILES string of the molecule is COc1ccccc1NC(=O)[C@H](C)OC(=O)c1cc(C)no1. The molecular weight excluding hydrogens is 288 g/mol. The van der Waals surface area contributed by atoms with E-state index in [9.17, 15) is 9.59 Å². The molecule has 0 aliphatic carbocycles. The molecule has 0 radical (unpaired) electrons. The van der Waals surface area contributed by atoms with E-state index in [2.05, 4.69) is 10.5 Å². The molecule has 0 spiro atoms. The van der Waals surface area contributed by atoms with E-state index in [1.807, 2.05) is 0 Å². The summed E-state index contributed by atoms with van der Waals surface area (Å²) < 4.78 is 15.0. The summed E-state index contributed by atoms with van der Waals surface area (Å²) in [6, 6.07) is 8.37. The van der Waals surface area contributed by atoms with Gasteiger partial charge in [0.05, 0.1) is 18.5 Å². The minimum atomic E-state index is -0.997. The molecule has 1 N–H and O–H groups in total. The monoisotopic (exact) mass is 304 g/mol. The third kappa shape index (κ3) is 3.63. The lowest BCUT2D eigenvalue weighted by Gasteiger charge is -2.14. The molecule has 7 nitrogen and oxygen atoms in total. The molecule has 1 atom stereocenters. The third-order valence-corrected chi connectivity index (χ3v) is 2.85. The van der Waals surface area contributed by atoms with Crippen LogP contribution >= 0.6 is 0 Å². The Labute approximate surface area is 127 Å². The van der Waals surface area contributed by atoms with Crippen molar-refractivity contribution in [1.82, 2.24) is 5.16 Å². The largest absolute Gasteiger partial charge is 0.495 e. The van der Waals surface area contributed by atoms with Crippen LogP contribution in [0.1, 0.15) is 23.2 Å². The van der Waals surface area contributed by atoms with Crippen molar-refractivity contribution in [1.29, 1.82) is 0 Å². The molecular formula is C15H16N2O5. The first kappa shape index (κ1) is 15.6. The summed E-state index contributed by atoms with van der Waals surface area (Å²) >= 11 is 0. The number of nitrogens with zero attached hydrogens (tertiary/aromatic N) is 1. The predicted molar refractivity (Wildman–Crippen MR) is 77.7 cm³/mol. The first-order valence-corrected chi connectivity index (χ1v) is 6.59. The lowest BCUT2D eigenvalue weighted by molar-refractivity contribution is -0.123. The summed E-state index contributed by atoms with van der Waals surface area (Å²) in [5.41, 5.74) is 1.05. The standard InChI is InChI=1S/C15H16N2O5/c1-9-8-13(22-17-9)15(19)21-10(2)14(18)16-11-6-4-5-7-12(11)20-3/h4-8,10H,1-3H3,(H,16,18)/t10-/m0/s1. The molecule has 22 heavy (non-hydrogen) atoms. The van der Waals surface area contributed by atoms with Crippen molar-refractivity contribution in [3.63, 3.8) is 0 Å². The van der Waals surface area contributed by atoms with Crippen molar-refractivity contribution in [2.75, 3.05) is 12.4 Å². The summed E-state index contributed by atoms with van der Waals surface area (Å²) in [7, 11) is 1.50. The predicted octanol–water partition coefficient (Wildman–Crippen LogP) is 2.18. The van der Waals surface area contributed by atoms with Crippen LogP contribution in [0.5, 0.6) is 5.75 Å². The molecule has 0 fully saturated rings. The molecule has 0 bridgehead atoms. The van der Waals surface area contributed by atoms with Crippen molar-refractivity contribution in [2.45, 2.75) is 20.0 Å². The number of hydrogen-bond donors (Lipinski definition) is 1. The molecule has 0 saturated carbocycles. The highest BCUT2D eigenvalue weighted by molar-refractivity contribution is 5.97. The maximum Gasteiger partial charge on any atom is 0.377 e. The smallest absolute Gasteiger partial charge is 0.377 e. The van der Waals surface area contributed by atoms with E-state index in [0.29, 0.717) is 17.1 Å². The fourth-order valence-electron chi connectivity index (χ4n) is 1.71. The highest BCUT2D eigenvalue weighted by atomic mass is 16.6. The Morgan fingerprint density at radius 3 is 2.68 bits per heavy atom. The number of nitrogens with one attached hydrogen (secondary N) is 1. The zero-order valence-corrected chi connectivity index (χ0v) is 12.5. The number of esters is 1. The van der Waals surface area contributed by atoms with Gasteiger partial charge in [-0.1, -0.05) is 17.3 Å². The second kappa shape index (κ2) is 6.75. The van der Waals surface area contributed by atoms with Gasteiger partial charge in [0.1, 0.15) is 5.75 Å². The lowest BCUT2D eigenvalue weighted by Crippen LogP contribution is -2.30. The Balaban J connectivity index is 1.99. The molecule has 1 aromatic heterocycles. The quantitative estimate of drug-likeness (QED) is 0.851. The molecule has 0 aliphatic heterocycles. The number of aryl methyl sites for hydroxylation is 1. The van der Waals surface area contributed by atoms with Gasteiger partial charge in [-0.25, -0.2) is 4.79 Å². The van der Waals surface area contributed by atoms with Gasteiger partial charge in [0.2, 0.25) is 5.76 Å². The van der Waals surface area contributed by atoms with Crippen LogP contribution in [0.4, 0.5) is 5.69 Å². The Morgan fingerprint density at radius 2 is 2.05 bits per heavy atom. The van der Waals surface area contributed by atoms with Crippen molar-refractivity contribution in [2.24, 2.45) is 0 Å². The van der Waals surface area contributed by atoms with E-state index in [4.69, 9.17) is 14.0 Å². The van der Waals surface area contributed by atoms with Crippen LogP contribution in [0.25, 0.3) is 0 Å². The average molecular weight is 304 g/mol. The van der Waals surface area contributed by atoms with Crippen molar-refractivity contribution < 1.29 is 23.6 Å². The number of methoxy groups -OCH3 is 1. The molecule has 1 amide bonds. The average Bonchev–Trinajstić information content (AvgIpc) is 2.94. The highest BCUT2D eigenvalue weighted by Crippen LogP contribution is 2.23. The second-order valence-electron chi connectivity index (χ2n) is 4.57. The van der Waals surface area contributed by atoms with Crippen LogP contribution in [0, 0.1) is 6.92 Å². The van der Waals surface area contributed by atoms with Gasteiger partial charge < -0.3 is 19.3 Å². The van der Waals surface area contributed by atoms with Gasteiger partial charge in [-0.15, -0.1) is 0 Å². The highest BCUT2D eigenvalue weighted by Gasteiger charge is 2.22. The molecule has 116 valence electrons. The second-order valence-corrected chi connectivity index (χ2v) is 4.57. The van der Waals surface area contributed by atoms with E-state index < -0.39 is 18.0 Å². The van der Waals surface area contributed by atoms with Crippen molar-refractivity contribution in [3.05, 3.63) is 41.8 Å². The Morgan fingerprint density at radius 1 is 1.32 bits per heavy atom. The zero-order chi connectivity index (χ0) is 16.1. The van der Waals surface area contributed by atoms with Crippen LogP contribution in [-0.4, -0.2) is 30.2 Å². The summed E-state index contributed by atoms with van der Waals surface area (Å²) in [6.07, 6.45) is -0.997. The van der Waals surface area contributed by atoms with E-state index in [-0.39, 0.29) is 5.76 Å². The van der Waals surface area contributed by atoms with Gasteiger partial charge >= 0.3 is 5.97 Å². The van der Waals surface area contributed by atoms with E-state index in [1.165, 1.54) is 20.1 Å². The van der Waals surface area contributed by atoms with Gasteiger partial charge in [-0.3, -0.25) is 4.79 Å². The number of carbonyl (C=O) groups excluding carboxylic acids is 2. The van der Waals surface area contributed by atoms with Gasteiger partial charge in [0.25, 0.3) is 5.91 Å². The minimum Gasteiger partial charge on any atom is -0.495 e. The fourth-order valence-corrected chi connectivity index (χ4v) is 1.71. The van der Waals surface area contributed by atoms with E-state index in [0.717, 1.165) is 0 Å². The first-order valence-electron chi connectivity index (χ1n) is 6.59. The number of rotatable bonds is 5. The Hall–Kier alpha value is -2.83. The molecule has 2 rings (SSSR count). The van der Waals surface area contributed by atoms with Gasteiger partial charge in [0.15, 0.2) is 6.10 Å². The van der Waals surface area contributed by atoms with Gasteiger partial charge in [-0.2, -0.15) is 0 Å². The van der Waals surface area contributed by atoms with Crippen LogP contribution in [-0.2, 0) is 9.53 Å². The number of para-hydroxylation sites is 2. The summed E-state index contributed by atoms with van der Waals surface area (Å²) in [5, 5.41) is 6.22. The Kier molecular flexibility index (Phi) is 4.77. The molecule has 0 unspecified atom stereocenters. The van der Waals surface area contributed by atoms with E-state index in [1.54, 1.807) is 31.2 Å². The van der Waals surface area contributed by atoms with E-state index >= 15 is 0 Å². The minimum absolute atomic E-state index is 0.0468. The van der Waals surface area contributed by atoms with Crippen LogP contribution in [0.3, 0.4) is 0 Å².